The van der Waals surface area contributed by atoms with Crippen LogP contribution in [0, 0.1) is 0 Å². The lowest BCUT2D eigenvalue weighted by molar-refractivity contribution is -0.135. The van der Waals surface area contributed by atoms with Crippen LogP contribution in [0.25, 0.3) is 0 Å². The predicted molar refractivity (Wildman–Crippen MR) is 62.1 cm³/mol. The van der Waals surface area contributed by atoms with Gasteiger partial charge in [0.1, 0.15) is 0 Å². The number of hydrogen-bond donors (Lipinski definition) is 2. The maximum atomic E-state index is 12.2. The van der Waals surface area contributed by atoms with Crippen molar-refractivity contribution in [2.75, 3.05) is 19.6 Å². The number of carbonyl (C=O) groups excluding carboxylic acids is 1. The van der Waals surface area contributed by atoms with Gasteiger partial charge in [0.15, 0.2) is 0 Å². The van der Waals surface area contributed by atoms with Crippen molar-refractivity contribution in [3.8, 4) is 0 Å². The zero-order chi connectivity index (χ0) is 11.4. The Bertz CT molecular complexity index is 229. The van der Waals surface area contributed by atoms with E-state index in [1.807, 2.05) is 4.90 Å². The molecule has 0 aromatic heterocycles. The van der Waals surface area contributed by atoms with Crippen molar-refractivity contribution in [1.82, 2.24) is 10.2 Å². The summed E-state index contributed by atoms with van der Waals surface area (Å²) in [5, 5.41) is 12.7. The van der Waals surface area contributed by atoms with Crippen molar-refractivity contribution in [1.29, 1.82) is 0 Å². The molecule has 1 atom stereocenters. The van der Waals surface area contributed by atoms with Gasteiger partial charge in [-0.05, 0) is 32.2 Å². The van der Waals surface area contributed by atoms with E-state index in [2.05, 4.69) is 5.32 Å². The molecule has 0 aliphatic carbocycles. The molecule has 0 spiro atoms. The first-order chi connectivity index (χ1) is 7.77. The maximum Gasteiger partial charge on any atom is 0.239 e. The van der Waals surface area contributed by atoms with Gasteiger partial charge in [0.2, 0.25) is 5.91 Å². The van der Waals surface area contributed by atoms with Gasteiger partial charge in [-0.15, -0.1) is 0 Å². The van der Waals surface area contributed by atoms with Crippen LogP contribution in [-0.4, -0.2) is 47.7 Å². The molecule has 2 rings (SSSR count). The lowest BCUT2D eigenvalue weighted by Gasteiger charge is -2.32. The van der Waals surface area contributed by atoms with Crippen LogP contribution in [0.2, 0.25) is 0 Å². The molecule has 0 bridgehead atoms. The van der Waals surface area contributed by atoms with E-state index in [1.54, 1.807) is 0 Å². The van der Waals surface area contributed by atoms with Gasteiger partial charge in [-0.2, -0.15) is 0 Å². The second-order valence-corrected chi connectivity index (χ2v) is 4.91. The number of piperidine rings is 1. The fraction of sp³-hybridized carbons (Fsp3) is 0.917. The summed E-state index contributed by atoms with van der Waals surface area (Å²) in [6.45, 7) is 2.41. The minimum Gasteiger partial charge on any atom is -0.393 e. The molecule has 0 saturated carbocycles. The SMILES string of the molecule is O=C(C1CCCCCN1)N1CCC(O)CC1. The number of nitrogens with zero attached hydrogens (tertiary/aromatic N) is 1. The highest BCUT2D eigenvalue weighted by molar-refractivity contribution is 5.82. The normalized spacial score (nSPS) is 28.8. The van der Waals surface area contributed by atoms with Gasteiger partial charge in [-0.25, -0.2) is 0 Å². The van der Waals surface area contributed by atoms with E-state index in [4.69, 9.17) is 0 Å². The molecule has 0 aromatic carbocycles. The smallest absolute Gasteiger partial charge is 0.239 e. The van der Waals surface area contributed by atoms with Gasteiger partial charge in [0.05, 0.1) is 12.1 Å². The first kappa shape index (κ1) is 11.9. The molecule has 2 fully saturated rings. The fourth-order valence-electron chi connectivity index (χ4n) is 2.55. The van der Waals surface area contributed by atoms with Gasteiger partial charge in [0.25, 0.3) is 0 Å². The van der Waals surface area contributed by atoms with Crippen LogP contribution < -0.4 is 5.32 Å². The highest BCUT2D eigenvalue weighted by Crippen LogP contribution is 2.15. The summed E-state index contributed by atoms with van der Waals surface area (Å²) in [7, 11) is 0. The first-order valence-corrected chi connectivity index (χ1v) is 6.47. The third-order valence-electron chi connectivity index (χ3n) is 3.63. The minimum atomic E-state index is -0.203. The largest absolute Gasteiger partial charge is 0.393 e. The number of carbonyl (C=O) groups is 1. The van der Waals surface area contributed by atoms with Crippen LogP contribution in [0.4, 0.5) is 0 Å². The molecule has 2 heterocycles. The fourth-order valence-corrected chi connectivity index (χ4v) is 2.55. The Morgan fingerprint density at radius 3 is 2.62 bits per heavy atom. The van der Waals surface area contributed by atoms with Crippen molar-refractivity contribution in [2.45, 2.75) is 50.7 Å². The highest BCUT2D eigenvalue weighted by atomic mass is 16.3. The average molecular weight is 226 g/mol. The van der Waals surface area contributed by atoms with E-state index in [0.717, 1.165) is 45.3 Å². The molecule has 92 valence electrons. The summed E-state index contributed by atoms with van der Waals surface area (Å²) in [4.78, 5) is 14.1. The Labute approximate surface area is 97.0 Å². The third kappa shape index (κ3) is 2.95. The molecule has 16 heavy (non-hydrogen) atoms. The number of nitrogens with one attached hydrogen (secondary N) is 1. The summed E-state index contributed by atoms with van der Waals surface area (Å²) < 4.78 is 0. The monoisotopic (exact) mass is 226 g/mol. The van der Waals surface area contributed by atoms with Crippen molar-refractivity contribution in [3.05, 3.63) is 0 Å². The Morgan fingerprint density at radius 2 is 1.88 bits per heavy atom. The number of likely N-dealkylation sites (tertiary alicyclic amines) is 1. The van der Waals surface area contributed by atoms with E-state index in [0.29, 0.717) is 0 Å². The summed E-state index contributed by atoms with van der Waals surface area (Å²) in [6, 6.07) is 0.0257. The number of aliphatic hydroxyl groups is 1. The van der Waals surface area contributed by atoms with Crippen LogP contribution >= 0.6 is 0 Å². The van der Waals surface area contributed by atoms with E-state index in [1.165, 1.54) is 12.8 Å². The van der Waals surface area contributed by atoms with Gasteiger partial charge >= 0.3 is 0 Å². The topological polar surface area (TPSA) is 52.6 Å². The second-order valence-electron chi connectivity index (χ2n) is 4.91. The number of aliphatic hydroxyl groups excluding tert-OH is 1. The minimum absolute atomic E-state index is 0.0257. The van der Waals surface area contributed by atoms with E-state index >= 15 is 0 Å². The summed E-state index contributed by atoms with van der Waals surface area (Å²) >= 11 is 0. The molecule has 0 aromatic rings. The molecule has 4 heteroatoms. The maximum absolute atomic E-state index is 12.2. The Balaban J connectivity index is 1.85. The molecule has 2 N–H and O–H groups in total. The molecular formula is C12H22N2O2. The molecule has 1 unspecified atom stereocenters. The zero-order valence-corrected chi connectivity index (χ0v) is 9.82. The second kappa shape index (κ2) is 5.64. The summed E-state index contributed by atoms with van der Waals surface area (Å²) in [6.07, 6.45) is 5.80. The third-order valence-corrected chi connectivity index (χ3v) is 3.63. The van der Waals surface area contributed by atoms with Crippen molar-refractivity contribution in [2.24, 2.45) is 0 Å². The lowest BCUT2D eigenvalue weighted by Crippen LogP contribution is -2.49. The quantitative estimate of drug-likeness (QED) is 0.684. The standard InChI is InChI=1S/C12H22N2O2/c15-10-5-8-14(9-6-10)12(16)11-4-2-1-3-7-13-11/h10-11,13,15H,1-9H2. The van der Waals surface area contributed by atoms with Gasteiger partial charge in [-0.3, -0.25) is 4.79 Å². The molecule has 2 aliphatic heterocycles. The molecule has 2 aliphatic rings. The molecule has 1 amide bonds. The van der Waals surface area contributed by atoms with E-state index in [-0.39, 0.29) is 18.1 Å². The summed E-state index contributed by atoms with van der Waals surface area (Å²) in [5.41, 5.74) is 0. The van der Waals surface area contributed by atoms with Gasteiger partial charge < -0.3 is 15.3 Å². The number of hydrogen-bond acceptors (Lipinski definition) is 3. The average Bonchev–Trinajstić information content (AvgIpc) is 2.57. The Hall–Kier alpha value is -0.610. The van der Waals surface area contributed by atoms with Gasteiger partial charge in [-0.1, -0.05) is 12.8 Å². The van der Waals surface area contributed by atoms with Gasteiger partial charge in [0, 0.05) is 13.1 Å². The summed E-state index contributed by atoms with van der Waals surface area (Å²) in [5.74, 6) is 0.244. The Kier molecular flexibility index (Phi) is 4.18. The predicted octanol–water partition coefficient (Wildman–Crippen LogP) is 0.502. The lowest BCUT2D eigenvalue weighted by atomic mass is 10.1. The first-order valence-electron chi connectivity index (χ1n) is 6.47. The highest BCUT2D eigenvalue weighted by Gasteiger charge is 2.27. The van der Waals surface area contributed by atoms with E-state index in [9.17, 15) is 9.90 Å². The van der Waals surface area contributed by atoms with E-state index < -0.39 is 0 Å². The molecular weight excluding hydrogens is 204 g/mol. The van der Waals surface area contributed by atoms with Crippen LogP contribution in [0.5, 0.6) is 0 Å². The zero-order valence-electron chi connectivity index (χ0n) is 9.82. The molecule has 4 nitrogen and oxygen atoms in total. The van der Waals surface area contributed by atoms with Crippen molar-refractivity contribution in [3.63, 3.8) is 0 Å². The van der Waals surface area contributed by atoms with Crippen LogP contribution in [0.3, 0.4) is 0 Å². The van der Waals surface area contributed by atoms with Crippen LogP contribution in [0.1, 0.15) is 38.5 Å². The van der Waals surface area contributed by atoms with Crippen molar-refractivity contribution < 1.29 is 9.90 Å². The Morgan fingerprint density at radius 1 is 1.12 bits per heavy atom. The number of amides is 1. The molecule has 0 radical (unpaired) electrons. The van der Waals surface area contributed by atoms with Crippen molar-refractivity contribution >= 4 is 5.91 Å². The number of rotatable bonds is 1. The van der Waals surface area contributed by atoms with Crippen LogP contribution in [-0.2, 0) is 4.79 Å². The van der Waals surface area contributed by atoms with Crippen LogP contribution in [0.15, 0.2) is 0 Å². The molecule has 2 saturated heterocycles.